The first-order chi connectivity index (χ1) is 10.2. The van der Waals surface area contributed by atoms with E-state index in [-0.39, 0.29) is 5.76 Å². The second kappa shape index (κ2) is 7.64. The Kier molecular flexibility index (Phi) is 5.58. The molecule has 0 amide bonds. The predicted molar refractivity (Wildman–Crippen MR) is 80.9 cm³/mol. The number of methoxy groups -OCH3 is 1. The fraction of sp³-hybridized carbons (Fsp3) is 0.353. The standard InChI is InChI=1S/C17H21NO3/c1-3-11-18(12-14-7-5-4-6-8-14)13-15-9-10-16(21-15)17(19)20-2/h4-10H,3,11-13H2,1-2H3. The zero-order valence-electron chi connectivity index (χ0n) is 12.5. The van der Waals surface area contributed by atoms with Gasteiger partial charge in [-0.25, -0.2) is 4.79 Å². The van der Waals surface area contributed by atoms with Crippen LogP contribution >= 0.6 is 0 Å². The number of hydrogen-bond donors (Lipinski definition) is 0. The summed E-state index contributed by atoms with van der Waals surface area (Å²) < 4.78 is 10.2. The molecule has 4 nitrogen and oxygen atoms in total. The molecule has 0 bridgehead atoms. The summed E-state index contributed by atoms with van der Waals surface area (Å²) in [5.41, 5.74) is 1.27. The van der Waals surface area contributed by atoms with Gasteiger partial charge >= 0.3 is 5.97 Å². The van der Waals surface area contributed by atoms with Crippen molar-refractivity contribution < 1.29 is 13.9 Å². The van der Waals surface area contributed by atoms with Gasteiger partial charge in [-0.2, -0.15) is 0 Å². The zero-order chi connectivity index (χ0) is 15.1. The highest BCUT2D eigenvalue weighted by Gasteiger charge is 2.13. The van der Waals surface area contributed by atoms with Crippen molar-refractivity contribution in [1.82, 2.24) is 4.90 Å². The number of carbonyl (C=O) groups is 1. The van der Waals surface area contributed by atoms with Gasteiger partial charge in [-0.1, -0.05) is 37.3 Å². The Morgan fingerprint density at radius 1 is 1.14 bits per heavy atom. The lowest BCUT2D eigenvalue weighted by Gasteiger charge is -2.20. The van der Waals surface area contributed by atoms with E-state index in [2.05, 4.69) is 28.7 Å². The van der Waals surface area contributed by atoms with Crippen molar-refractivity contribution in [1.29, 1.82) is 0 Å². The van der Waals surface area contributed by atoms with Crippen LogP contribution in [0.2, 0.25) is 0 Å². The number of nitrogens with zero attached hydrogens (tertiary/aromatic N) is 1. The van der Waals surface area contributed by atoms with Gasteiger partial charge in [-0.3, -0.25) is 4.90 Å². The molecule has 0 radical (unpaired) electrons. The minimum absolute atomic E-state index is 0.253. The molecule has 0 saturated carbocycles. The van der Waals surface area contributed by atoms with Crippen molar-refractivity contribution in [3.63, 3.8) is 0 Å². The maximum atomic E-state index is 11.4. The molecule has 0 saturated heterocycles. The van der Waals surface area contributed by atoms with Gasteiger partial charge in [0.25, 0.3) is 0 Å². The van der Waals surface area contributed by atoms with Gasteiger partial charge in [-0.15, -0.1) is 0 Å². The molecule has 4 heteroatoms. The first kappa shape index (κ1) is 15.3. The van der Waals surface area contributed by atoms with E-state index in [1.165, 1.54) is 12.7 Å². The molecule has 0 aliphatic heterocycles. The highest BCUT2D eigenvalue weighted by atomic mass is 16.5. The van der Waals surface area contributed by atoms with Gasteiger partial charge in [0.15, 0.2) is 0 Å². The van der Waals surface area contributed by atoms with Crippen molar-refractivity contribution in [2.24, 2.45) is 0 Å². The minimum Gasteiger partial charge on any atom is -0.463 e. The molecule has 0 fully saturated rings. The summed E-state index contributed by atoms with van der Waals surface area (Å²) in [6, 6.07) is 13.8. The minimum atomic E-state index is -0.439. The predicted octanol–water partition coefficient (Wildman–Crippen LogP) is 3.48. The topological polar surface area (TPSA) is 42.7 Å². The molecule has 1 heterocycles. The summed E-state index contributed by atoms with van der Waals surface area (Å²) in [7, 11) is 1.35. The van der Waals surface area contributed by atoms with Gasteiger partial charge in [0, 0.05) is 6.54 Å². The highest BCUT2D eigenvalue weighted by molar-refractivity contribution is 5.86. The van der Waals surface area contributed by atoms with Crippen LogP contribution in [0.15, 0.2) is 46.9 Å². The first-order valence-electron chi connectivity index (χ1n) is 7.16. The highest BCUT2D eigenvalue weighted by Crippen LogP contribution is 2.14. The van der Waals surface area contributed by atoms with E-state index in [4.69, 9.17) is 4.42 Å². The Balaban J connectivity index is 2.02. The number of benzene rings is 1. The van der Waals surface area contributed by atoms with Crippen LogP contribution in [-0.4, -0.2) is 24.5 Å². The second-order valence-electron chi connectivity index (χ2n) is 4.95. The summed E-state index contributed by atoms with van der Waals surface area (Å²) in [6.07, 6.45) is 1.07. The second-order valence-corrected chi connectivity index (χ2v) is 4.95. The van der Waals surface area contributed by atoms with Crippen LogP contribution in [0, 0.1) is 0 Å². The molecule has 112 valence electrons. The quantitative estimate of drug-likeness (QED) is 0.731. The van der Waals surface area contributed by atoms with Crippen LogP contribution in [0.3, 0.4) is 0 Å². The molecule has 2 aromatic rings. The summed E-state index contributed by atoms with van der Waals surface area (Å²) in [4.78, 5) is 13.7. The molecule has 0 aliphatic carbocycles. The molecule has 0 unspecified atom stereocenters. The molecule has 0 N–H and O–H groups in total. The van der Waals surface area contributed by atoms with Gasteiger partial charge in [0.05, 0.1) is 13.7 Å². The monoisotopic (exact) mass is 287 g/mol. The molecule has 1 aromatic carbocycles. The molecular formula is C17H21NO3. The summed E-state index contributed by atoms with van der Waals surface area (Å²) in [5.74, 6) is 0.592. The average Bonchev–Trinajstić information content (AvgIpc) is 2.96. The fourth-order valence-corrected chi connectivity index (χ4v) is 2.27. The van der Waals surface area contributed by atoms with Crippen molar-refractivity contribution in [3.05, 3.63) is 59.5 Å². The van der Waals surface area contributed by atoms with Crippen LogP contribution in [-0.2, 0) is 17.8 Å². The van der Waals surface area contributed by atoms with Crippen molar-refractivity contribution in [3.8, 4) is 0 Å². The van der Waals surface area contributed by atoms with E-state index in [0.29, 0.717) is 6.54 Å². The molecule has 0 spiro atoms. The van der Waals surface area contributed by atoms with E-state index < -0.39 is 5.97 Å². The van der Waals surface area contributed by atoms with Crippen molar-refractivity contribution in [2.75, 3.05) is 13.7 Å². The summed E-state index contributed by atoms with van der Waals surface area (Å²) in [5, 5.41) is 0. The molecular weight excluding hydrogens is 266 g/mol. The smallest absolute Gasteiger partial charge is 0.373 e. The lowest BCUT2D eigenvalue weighted by Crippen LogP contribution is -2.23. The maximum Gasteiger partial charge on any atom is 0.373 e. The molecule has 0 aliphatic rings. The number of ether oxygens (including phenoxy) is 1. The van der Waals surface area contributed by atoms with E-state index in [1.807, 2.05) is 24.3 Å². The zero-order valence-corrected chi connectivity index (χ0v) is 12.5. The van der Waals surface area contributed by atoms with Crippen molar-refractivity contribution >= 4 is 5.97 Å². The number of carbonyl (C=O) groups excluding carboxylic acids is 1. The van der Waals surface area contributed by atoms with E-state index in [9.17, 15) is 4.79 Å². The Hall–Kier alpha value is -2.07. The number of furan rings is 1. The molecule has 2 rings (SSSR count). The third-order valence-corrected chi connectivity index (χ3v) is 3.22. The Morgan fingerprint density at radius 3 is 2.57 bits per heavy atom. The lowest BCUT2D eigenvalue weighted by molar-refractivity contribution is 0.0561. The average molecular weight is 287 g/mol. The van der Waals surface area contributed by atoms with E-state index in [1.54, 1.807) is 6.07 Å². The number of hydrogen-bond acceptors (Lipinski definition) is 4. The molecule has 21 heavy (non-hydrogen) atoms. The van der Waals surface area contributed by atoms with Gasteiger partial charge in [0.1, 0.15) is 5.76 Å². The normalized spacial score (nSPS) is 10.8. The Bertz CT molecular complexity index is 562. The SMILES string of the molecule is CCCN(Cc1ccccc1)Cc1ccc(C(=O)OC)o1. The number of rotatable bonds is 7. The summed E-state index contributed by atoms with van der Waals surface area (Å²) in [6.45, 7) is 4.67. The van der Waals surface area contributed by atoms with Crippen LogP contribution < -0.4 is 0 Å². The van der Waals surface area contributed by atoms with Crippen LogP contribution in [0.1, 0.15) is 35.2 Å². The maximum absolute atomic E-state index is 11.4. The molecule has 1 aromatic heterocycles. The number of esters is 1. The Labute approximate surface area is 125 Å². The van der Waals surface area contributed by atoms with E-state index in [0.717, 1.165) is 25.3 Å². The third-order valence-electron chi connectivity index (χ3n) is 3.22. The van der Waals surface area contributed by atoms with E-state index >= 15 is 0 Å². The molecule has 0 atom stereocenters. The van der Waals surface area contributed by atoms with Crippen molar-refractivity contribution in [2.45, 2.75) is 26.4 Å². The van der Waals surface area contributed by atoms with Crippen LogP contribution in [0.4, 0.5) is 0 Å². The summed E-state index contributed by atoms with van der Waals surface area (Å²) >= 11 is 0. The third kappa shape index (κ3) is 4.46. The largest absolute Gasteiger partial charge is 0.463 e. The van der Waals surface area contributed by atoms with Gasteiger partial charge < -0.3 is 9.15 Å². The first-order valence-corrected chi connectivity index (χ1v) is 7.16. The van der Waals surface area contributed by atoms with Crippen LogP contribution in [0.25, 0.3) is 0 Å². The lowest BCUT2D eigenvalue weighted by atomic mass is 10.2. The Morgan fingerprint density at radius 2 is 1.90 bits per heavy atom. The van der Waals surface area contributed by atoms with Gasteiger partial charge in [-0.05, 0) is 30.7 Å². The van der Waals surface area contributed by atoms with Crippen LogP contribution in [0.5, 0.6) is 0 Å². The fourth-order valence-electron chi connectivity index (χ4n) is 2.27. The van der Waals surface area contributed by atoms with Gasteiger partial charge in [0.2, 0.25) is 5.76 Å².